The highest BCUT2D eigenvalue weighted by molar-refractivity contribution is 5.17. The number of rotatable bonds is 4. The Morgan fingerprint density at radius 2 is 2.11 bits per heavy atom. The van der Waals surface area contributed by atoms with Gasteiger partial charge in [0, 0.05) is 24.8 Å². The third-order valence-corrected chi connectivity index (χ3v) is 3.63. The lowest BCUT2D eigenvalue weighted by molar-refractivity contribution is -0.0699. The van der Waals surface area contributed by atoms with Crippen LogP contribution in [0.3, 0.4) is 0 Å². The molecule has 4 nitrogen and oxygen atoms in total. The molecule has 0 aromatic carbocycles. The Hall–Kier alpha value is -1.13. The highest BCUT2D eigenvalue weighted by atomic mass is 16.5. The second kappa shape index (κ2) is 5.10. The van der Waals surface area contributed by atoms with Gasteiger partial charge in [-0.05, 0) is 39.7 Å². The van der Waals surface area contributed by atoms with Crippen LogP contribution in [-0.4, -0.2) is 29.3 Å². The summed E-state index contributed by atoms with van der Waals surface area (Å²) in [6.45, 7) is 9.37. The van der Waals surface area contributed by atoms with Crippen LogP contribution in [0, 0.1) is 0 Å². The molecule has 4 heteroatoms. The number of nitrogens with one attached hydrogen (secondary N) is 1. The van der Waals surface area contributed by atoms with E-state index in [1.54, 1.807) is 7.11 Å². The van der Waals surface area contributed by atoms with Crippen LogP contribution in [0.4, 0.5) is 0 Å². The summed E-state index contributed by atoms with van der Waals surface area (Å²) in [6, 6.07) is 4.27. The van der Waals surface area contributed by atoms with Crippen molar-refractivity contribution < 1.29 is 9.47 Å². The van der Waals surface area contributed by atoms with Crippen LogP contribution in [0.5, 0.6) is 5.88 Å². The summed E-state index contributed by atoms with van der Waals surface area (Å²) in [6.07, 6.45) is 2.86. The molecular formula is C15H24N2O2. The average Bonchev–Trinajstić information content (AvgIpc) is 2.55. The van der Waals surface area contributed by atoms with Gasteiger partial charge in [-0.1, -0.05) is 6.07 Å². The van der Waals surface area contributed by atoms with Crippen LogP contribution in [0.1, 0.15) is 39.7 Å². The topological polar surface area (TPSA) is 43.4 Å². The summed E-state index contributed by atoms with van der Waals surface area (Å²) in [5.74, 6) is 0.648. The maximum atomic E-state index is 6.08. The third-order valence-electron chi connectivity index (χ3n) is 3.63. The number of pyridine rings is 1. The summed E-state index contributed by atoms with van der Waals surface area (Å²) in [5.41, 5.74) is 0.962. The maximum absolute atomic E-state index is 6.08. The molecule has 0 amide bonds. The standard InChI is InChI=1S/C15H24N2O2/c1-14(2)8-12(15(3,4)19-14)16-9-11-6-7-13(18-5)17-10-11/h6-7,10,12,16H,8-9H2,1-5H3. The minimum Gasteiger partial charge on any atom is -0.481 e. The van der Waals surface area contributed by atoms with E-state index in [-0.39, 0.29) is 11.2 Å². The number of nitrogens with zero attached hydrogens (tertiary/aromatic N) is 1. The highest BCUT2D eigenvalue weighted by Gasteiger charge is 2.45. The second-order valence-corrected chi connectivity index (χ2v) is 6.31. The first-order valence-electron chi connectivity index (χ1n) is 6.75. The smallest absolute Gasteiger partial charge is 0.212 e. The molecule has 1 aromatic heterocycles. The van der Waals surface area contributed by atoms with Gasteiger partial charge in [-0.25, -0.2) is 4.98 Å². The molecule has 1 unspecified atom stereocenters. The van der Waals surface area contributed by atoms with Gasteiger partial charge in [-0.3, -0.25) is 0 Å². The maximum Gasteiger partial charge on any atom is 0.212 e. The van der Waals surface area contributed by atoms with Crippen molar-refractivity contribution in [1.82, 2.24) is 10.3 Å². The average molecular weight is 264 g/mol. The molecule has 1 aliphatic rings. The van der Waals surface area contributed by atoms with Crippen molar-refractivity contribution >= 4 is 0 Å². The van der Waals surface area contributed by atoms with Gasteiger partial charge in [-0.2, -0.15) is 0 Å². The Morgan fingerprint density at radius 3 is 2.58 bits per heavy atom. The monoisotopic (exact) mass is 264 g/mol. The predicted molar refractivity (Wildman–Crippen MR) is 75.3 cm³/mol. The van der Waals surface area contributed by atoms with Gasteiger partial charge in [0.2, 0.25) is 5.88 Å². The summed E-state index contributed by atoms with van der Waals surface area (Å²) in [4.78, 5) is 4.21. The minimum atomic E-state index is -0.136. The fourth-order valence-electron chi connectivity index (χ4n) is 2.76. The van der Waals surface area contributed by atoms with Crippen LogP contribution >= 0.6 is 0 Å². The van der Waals surface area contributed by atoms with Crippen LogP contribution in [0.15, 0.2) is 18.3 Å². The van der Waals surface area contributed by atoms with Gasteiger partial charge in [0.15, 0.2) is 0 Å². The van der Waals surface area contributed by atoms with Crippen molar-refractivity contribution in [3.05, 3.63) is 23.9 Å². The molecule has 0 bridgehead atoms. The number of hydrogen-bond donors (Lipinski definition) is 1. The molecule has 2 heterocycles. The fraction of sp³-hybridized carbons (Fsp3) is 0.667. The number of methoxy groups -OCH3 is 1. The predicted octanol–water partition coefficient (Wildman–Crippen LogP) is 2.53. The zero-order valence-electron chi connectivity index (χ0n) is 12.5. The normalized spacial score (nSPS) is 24.4. The molecule has 106 valence electrons. The fourth-order valence-corrected chi connectivity index (χ4v) is 2.76. The van der Waals surface area contributed by atoms with Gasteiger partial charge >= 0.3 is 0 Å². The van der Waals surface area contributed by atoms with Gasteiger partial charge < -0.3 is 14.8 Å². The third kappa shape index (κ3) is 3.45. The highest BCUT2D eigenvalue weighted by Crippen LogP contribution is 2.37. The molecule has 1 aromatic rings. The molecule has 0 saturated carbocycles. The summed E-state index contributed by atoms with van der Waals surface area (Å²) in [5, 5.41) is 3.58. The van der Waals surface area contributed by atoms with Gasteiger partial charge in [0.1, 0.15) is 0 Å². The van der Waals surface area contributed by atoms with Crippen molar-refractivity contribution in [2.75, 3.05) is 7.11 Å². The quantitative estimate of drug-likeness (QED) is 0.907. The van der Waals surface area contributed by atoms with E-state index in [4.69, 9.17) is 9.47 Å². The first-order valence-corrected chi connectivity index (χ1v) is 6.75. The van der Waals surface area contributed by atoms with Gasteiger partial charge in [0.05, 0.1) is 18.3 Å². The SMILES string of the molecule is COc1ccc(CNC2CC(C)(C)OC2(C)C)cn1. The summed E-state index contributed by atoms with van der Waals surface area (Å²) >= 11 is 0. The van der Waals surface area contributed by atoms with Crippen LogP contribution in [0.25, 0.3) is 0 Å². The Bertz CT molecular complexity index is 426. The Kier molecular flexibility index (Phi) is 3.83. The lowest BCUT2D eigenvalue weighted by Gasteiger charge is -2.27. The Balaban J connectivity index is 1.94. The molecule has 0 aliphatic carbocycles. The van der Waals surface area contributed by atoms with E-state index in [0.29, 0.717) is 11.9 Å². The first-order chi connectivity index (χ1) is 8.82. The van der Waals surface area contributed by atoms with E-state index in [1.807, 2.05) is 18.3 Å². The molecule has 1 saturated heterocycles. The van der Waals surface area contributed by atoms with Crippen molar-refractivity contribution in [1.29, 1.82) is 0 Å². The lowest BCUT2D eigenvalue weighted by Crippen LogP contribution is -2.42. The van der Waals surface area contributed by atoms with Crippen LogP contribution in [-0.2, 0) is 11.3 Å². The molecular weight excluding hydrogens is 240 g/mol. The first kappa shape index (κ1) is 14.3. The van der Waals surface area contributed by atoms with Crippen LogP contribution < -0.4 is 10.1 Å². The largest absolute Gasteiger partial charge is 0.481 e. The second-order valence-electron chi connectivity index (χ2n) is 6.31. The van der Waals surface area contributed by atoms with Crippen molar-refractivity contribution in [3.63, 3.8) is 0 Å². The zero-order valence-corrected chi connectivity index (χ0v) is 12.5. The Labute approximate surface area is 115 Å². The Morgan fingerprint density at radius 1 is 1.37 bits per heavy atom. The molecule has 19 heavy (non-hydrogen) atoms. The number of ether oxygens (including phenoxy) is 2. The van der Waals surface area contributed by atoms with Crippen LogP contribution in [0.2, 0.25) is 0 Å². The van der Waals surface area contributed by atoms with E-state index in [2.05, 4.69) is 38.0 Å². The molecule has 0 radical (unpaired) electrons. The van der Waals surface area contributed by atoms with E-state index in [0.717, 1.165) is 18.5 Å². The molecule has 1 atom stereocenters. The lowest BCUT2D eigenvalue weighted by atomic mass is 9.94. The van der Waals surface area contributed by atoms with Crippen molar-refractivity contribution in [2.45, 2.75) is 57.9 Å². The zero-order chi connectivity index (χ0) is 14.1. The van der Waals surface area contributed by atoms with E-state index >= 15 is 0 Å². The molecule has 2 rings (SSSR count). The van der Waals surface area contributed by atoms with E-state index in [1.165, 1.54) is 0 Å². The van der Waals surface area contributed by atoms with Gasteiger partial charge in [0.25, 0.3) is 0 Å². The molecule has 1 N–H and O–H groups in total. The molecule has 0 spiro atoms. The number of aromatic nitrogens is 1. The molecule has 1 fully saturated rings. The minimum absolute atomic E-state index is 0.0562. The summed E-state index contributed by atoms with van der Waals surface area (Å²) < 4.78 is 11.1. The van der Waals surface area contributed by atoms with E-state index in [9.17, 15) is 0 Å². The van der Waals surface area contributed by atoms with Crippen molar-refractivity contribution in [3.8, 4) is 5.88 Å². The van der Waals surface area contributed by atoms with Crippen molar-refractivity contribution in [2.24, 2.45) is 0 Å². The molecule has 1 aliphatic heterocycles. The van der Waals surface area contributed by atoms with E-state index < -0.39 is 0 Å². The number of hydrogen-bond acceptors (Lipinski definition) is 4. The summed E-state index contributed by atoms with van der Waals surface area (Å²) in [7, 11) is 1.63. The van der Waals surface area contributed by atoms with Gasteiger partial charge in [-0.15, -0.1) is 0 Å².